The van der Waals surface area contributed by atoms with Gasteiger partial charge in [0.1, 0.15) is 7.05 Å². The Morgan fingerprint density at radius 2 is 1.59 bits per heavy atom. The van der Waals surface area contributed by atoms with Gasteiger partial charge in [-0.1, -0.05) is 57.6 Å². The van der Waals surface area contributed by atoms with Crippen molar-refractivity contribution < 1.29 is 4.57 Å². The lowest BCUT2D eigenvalue weighted by Crippen LogP contribution is -2.32. The Labute approximate surface area is 165 Å². The summed E-state index contributed by atoms with van der Waals surface area (Å²) in [5, 5.41) is 0. The summed E-state index contributed by atoms with van der Waals surface area (Å²) >= 11 is 0. The van der Waals surface area contributed by atoms with Crippen LogP contribution in [-0.4, -0.2) is 0 Å². The summed E-state index contributed by atoms with van der Waals surface area (Å²) in [6.45, 7) is 4.76. The number of benzene rings is 1. The van der Waals surface area contributed by atoms with E-state index in [4.69, 9.17) is 0 Å². The molecule has 2 fully saturated rings. The van der Waals surface area contributed by atoms with E-state index < -0.39 is 0 Å². The molecule has 27 heavy (non-hydrogen) atoms. The number of aromatic nitrogens is 1. The van der Waals surface area contributed by atoms with E-state index in [9.17, 15) is 0 Å². The molecule has 1 heterocycles. The van der Waals surface area contributed by atoms with Crippen molar-refractivity contribution in [1.82, 2.24) is 0 Å². The fourth-order valence-corrected chi connectivity index (χ4v) is 5.53. The van der Waals surface area contributed by atoms with Crippen LogP contribution in [0.4, 0.5) is 0 Å². The summed E-state index contributed by atoms with van der Waals surface area (Å²) in [5.41, 5.74) is 7.60. The lowest BCUT2D eigenvalue weighted by molar-refractivity contribution is -0.660. The van der Waals surface area contributed by atoms with Crippen LogP contribution in [0.3, 0.4) is 0 Å². The summed E-state index contributed by atoms with van der Waals surface area (Å²) in [5.74, 6) is 0.772. The van der Waals surface area contributed by atoms with E-state index in [2.05, 4.69) is 62.0 Å². The second kappa shape index (κ2) is 7.78. The van der Waals surface area contributed by atoms with Crippen molar-refractivity contribution in [1.29, 1.82) is 0 Å². The molecule has 1 aromatic carbocycles. The van der Waals surface area contributed by atoms with Crippen molar-refractivity contribution in [3.05, 3.63) is 53.2 Å². The largest absolute Gasteiger partial charge is 0.212 e. The number of pyridine rings is 1. The molecule has 0 atom stereocenters. The van der Waals surface area contributed by atoms with Crippen LogP contribution in [0.5, 0.6) is 0 Å². The van der Waals surface area contributed by atoms with Crippen LogP contribution in [0.25, 0.3) is 11.3 Å². The van der Waals surface area contributed by atoms with Crippen LogP contribution in [0.2, 0.25) is 0 Å². The minimum atomic E-state index is 0.383. The average Bonchev–Trinajstić information content (AvgIpc) is 2.69. The molecule has 0 saturated heterocycles. The third-order valence-electron chi connectivity index (χ3n) is 7.39. The van der Waals surface area contributed by atoms with Crippen LogP contribution >= 0.6 is 0 Å². The molecular formula is C26H36N+. The summed E-state index contributed by atoms with van der Waals surface area (Å²) in [7, 11) is 2.22. The standard InChI is InChI=1S/C26H36N/c1-20-18-23(26(2)16-8-5-9-17-26)13-14-24(20)25-15-12-22(19-27(25)3)21-10-6-4-7-11-21/h12-15,18-19,21H,4-11,16-17H2,1-3H3/q+1. The summed E-state index contributed by atoms with van der Waals surface area (Å²) in [6.07, 6.45) is 16.2. The Kier molecular flexibility index (Phi) is 5.39. The van der Waals surface area contributed by atoms with Crippen molar-refractivity contribution in [2.45, 2.75) is 89.4 Å². The van der Waals surface area contributed by atoms with Gasteiger partial charge < -0.3 is 0 Å². The lowest BCUT2D eigenvalue weighted by atomic mass is 9.70. The van der Waals surface area contributed by atoms with Gasteiger partial charge in [0.25, 0.3) is 0 Å². The molecule has 1 heteroatoms. The van der Waals surface area contributed by atoms with Gasteiger partial charge in [0.15, 0.2) is 6.20 Å². The van der Waals surface area contributed by atoms with Crippen molar-refractivity contribution in [3.8, 4) is 11.3 Å². The first-order chi connectivity index (χ1) is 13.1. The fraction of sp³-hybridized carbons (Fsp3) is 0.577. The van der Waals surface area contributed by atoms with Gasteiger partial charge in [-0.25, -0.2) is 4.57 Å². The highest BCUT2D eigenvalue weighted by atomic mass is 14.9. The summed E-state index contributed by atoms with van der Waals surface area (Å²) < 4.78 is 2.36. The van der Waals surface area contributed by atoms with Crippen molar-refractivity contribution >= 4 is 0 Å². The number of hydrogen-bond donors (Lipinski definition) is 0. The van der Waals surface area contributed by atoms with Crippen molar-refractivity contribution in [2.24, 2.45) is 7.05 Å². The van der Waals surface area contributed by atoms with Gasteiger partial charge in [-0.15, -0.1) is 0 Å². The van der Waals surface area contributed by atoms with Crippen LogP contribution < -0.4 is 4.57 Å². The molecule has 2 aliphatic rings. The second-order valence-corrected chi connectivity index (χ2v) is 9.44. The zero-order valence-electron chi connectivity index (χ0n) is 17.6. The van der Waals surface area contributed by atoms with E-state index in [0.29, 0.717) is 5.41 Å². The van der Waals surface area contributed by atoms with Gasteiger partial charge in [-0.05, 0) is 67.2 Å². The van der Waals surface area contributed by atoms with Gasteiger partial charge in [0.2, 0.25) is 5.69 Å². The number of rotatable bonds is 3. The van der Waals surface area contributed by atoms with Crippen LogP contribution in [0.1, 0.15) is 93.7 Å². The molecule has 2 saturated carbocycles. The van der Waals surface area contributed by atoms with Gasteiger partial charge in [-0.2, -0.15) is 0 Å². The topological polar surface area (TPSA) is 3.88 Å². The zero-order chi connectivity index (χ0) is 18.9. The monoisotopic (exact) mass is 362 g/mol. The van der Waals surface area contributed by atoms with E-state index in [1.165, 1.54) is 86.6 Å². The van der Waals surface area contributed by atoms with E-state index in [-0.39, 0.29) is 0 Å². The van der Waals surface area contributed by atoms with Gasteiger partial charge >= 0.3 is 0 Å². The zero-order valence-corrected chi connectivity index (χ0v) is 17.6. The van der Waals surface area contributed by atoms with Crippen LogP contribution in [-0.2, 0) is 12.5 Å². The first-order valence-corrected chi connectivity index (χ1v) is 11.2. The first-order valence-electron chi connectivity index (χ1n) is 11.2. The number of hydrogen-bond acceptors (Lipinski definition) is 0. The Balaban J connectivity index is 1.61. The first kappa shape index (κ1) is 18.7. The smallest absolute Gasteiger partial charge is 0.201 e. The molecule has 0 radical (unpaired) electrons. The van der Waals surface area contributed by atoms with E-state index >= 15 is 0 Å². The molecule has 1 aromatic heterocycles. The number of nitrogens with zero attached hydrogens (tertiary/aromatic N) is 1. The Bertz CT molecular complexity index is 792. The normalized spacial score (nSPS) is 20.6. The van der Waals surface area contributed by atoms with Crippen molar-refractivity contribution in [2.75, 3.05) is 0 Å². The Morgan fingerprint density at radius 3 is 2.26 bits per heavy atom. The molecule has 0 spiro atoms. The molecule has 0 unspecified atom stereocenters. The maximum Gasteiger partial charge on any atom is 0.212 e. The molecule has 144 valence electrons. The van der Waals surface area contributed by atoms with E-state index in [0.717, 1.165) is 5.92 Å². The van der Waals surface area contributed by atoms with Gasteiger partial charge in [0.05, 0.1) is 0 Å². The molecular weight excluding hydrogens is 326 g/mol. The second-order valence-electron chi connectivity index (χ2n) is 9.44. The molecule has 0 aliphatic heterocycles. The maximum absolute atomic E-state index is 2.47. The Morgan fingerprint density at radius 1 is 0.889 bits per heavy atom. The van der Waals surface area contributed by atoms with Crippen LogP contribution in [0, 0.1) is 6.92 Å². The van der Waals surface area contributed by atoms with Gasteiger partial charge in [0, 0.05) is 17.2 Å². The predicted molar refractivity (Wildman–Crippen MR) is 114 cm³/mol. The molecule has 0 N–H and O–H groups in total. The molecule has 2 aliphatic carbocycles. The Hall–Kier alpha value is -1.63. The SMILES string of the molecule is Cc1cc(C2(C)CCCCC2)ccc1-c1ccc(C2CCCCC2)c[n+]1C. The summed E-state index contributed by atoms with van der Waals surface area (Å²) in [6, 6.07) is 12.0. The highest BCUT2D eigenvalue weighted by molar-refractivity contribution is 5.62. The van der Waals surface area contributed by atoms with Crippen molar-refractivity contribution in [3.63, 3.8) is 0 Å². The summed E-state index contributed by atoms with van der Waals surface area (Å²) in [4.78, 5) is 0. The molecule has 1 nitrogen and oxygen atoms in total. The lowest BCUT2D eigenvalue weighted by Gasteiger charge is -2.34. The fourth-order valence-electron chi connectivity index (χ4n) is 5.53. The molecule has 0 bridgehead atoms. The minimum absolute atomic E-state index is 0.383. The third-order valence-corrected chi connectivity index (χ3v) is 7.39. The van der Waals surface area contributed by atoms with Gasteiger partial charge in [-0.3, -0.25) is 0 Å². The number of aryl methyl sites for hydroxylation is 2. The molecule has 0 amide bonds. The predicted octanol–water partition coefficient (Wildman–Crippen LogP) is 6.76. The van der Waals surface area contributed by atoms with E-state index in [1.54, 1.807) is 5.56 Å². The van der Waals surface area contributed by atoms with Crippen LogP contribution in [0.15, 0.2) is 36.5 Å². The maximum atomic E-state index is 2.47. The molecule has 2 aromatic rings. The quantitative estimate of drug-likeness (QED) is 0.531. The highest BCUT2D eigenvalue weighted by Crippen LogP contribution is 2.40. The minimum Gasteiger partial charge on any atom is -0.201 e. The highest BCUT2D eigenvalue weighted by Gasteiger charge is 2.29. The third kappa shape index (κ3) is 3.84. The molecule has 4 rings (SSSR count). The van der Waals surface area contributed by atoms with E-state index in [1.807, 2.05) is 0 Å². The average molecular weight is 363 g/mol.